The summed E-state index contributed by atoms with van der Waals surface area (Å²) >= 11 is 1.12. The van der Waals surface area contributed by atoms with Gasteiger partial charge in [-0.25, -0.2) is 8.42 Å². The first-order valence-electron chi connectivity index (χ1n) is 10.1. The number of hydrogen-bond donors (Lipinski definition) is 0. The fourth-order valence-electron chi connectivity index (χ4n) is 3.05. The summed E-state index contributed by atoms with van der Waals surface area (Å²) in [5.74, 6) is -0.687. The third-order valence-electron chi connectivity index (χ3n) is 4.53. The molecule has 0 unspecified atom stereocenters. The van der Waals surface area contributed by atoms with E-state index in [1.54, 1.807) is 32.9 Å². The van der Waals surface area contributed by atoms with Gasteiger partial charge in [0.1, 0.15) is 16.4 Å². The van der Waals surface area contributed by atoms with Crippen LogP contribution in [0.5, 0.6) is 0 Å². The summed E-state index contributed by atoms with van der Waals surface area (Å²) in [5, 5.41) is 0. The normalized spacial score (nSPS) is 15.5. The maximum atomic E-state index is 12.9. The first kappa shape index (κ1) is 24.8. The second-order valence-corrected chi connectivity index (χ2v) is 12.0. The molecule has 0 aliphatic carbocycles. The molecule has 1 aliphatic heterocycles. The van der Waals surface area contributed by atoms with Gasteiger partial charge in [-0.2, -0.15) is 4.31 Å². The molecule has 0 aromatic carbocycles. The maximum Gasteiger partial charge on any atom is 0.326 e. The number of amides is 1. The second kappa shape index (κ2) is 10.2. The molecule has 0 N–H and O–H groups in total. The highest BCUT2D eigenvalue weighted by Crippen LogP contribution is 2.27. The van der Waals surface area contributed by atoms with Crippen molar-refractivity contribution < 1.29 is 22.7 Å². The van der Waals surface area contributed by atoms with E-state index in [2.05, 4.69) is 0 Å². The van der Waals surface area contributed by atoms with Crippen molar-refractivity contribution in [2.24, 2.45) is 0 Å². The minimum absolute atomic E-state index is 0.0520. The van der Waals surface area contributed by atoms with Crippen LogP contribution in [0.15, 0.2) is 16.3 Å². The molecule has 0 saturated carbocycles. The smallest absolute Gasteiger partial charge is 0.326 e. The quantitative estimate of drug-likeness (QED) is 0.524. The van der Waals surface area contributed by atoms with E-state index in [1.165, 1.54) is 9.21 Å². The van der Waals surface area contributed by atoms with Crippen LogP contribution >= 0.6 is 11.3 Å². The van der Waals surface area contributed by atoms with Crippen molar-refractivity contribution in [2.45, 2.75) is 49.8 Å². The number of nitrogens with zero attached hydrogens (tertiary/aromatic N) is 3. The van der Waals surface area contributed by atoms with Crippen LogP contribution in [0.1, 0.15) is 38.5 Å². The van der Waals surface area contributed by atoms with Gasteiger partial charge in [0, 0.05) is 31.1 Å². The molecule has 1 aromatic heterocycles. The van der Waals surface area contributed by atoms with Crippen LogP contribution in [0.4, 0.5) is 0 Å². The van der Waals surface area contributed by atoms with Gasteiger partial charge in [-0.3, -0.25) is 9.59 Å². The topological polar surface area (TPSA) is 87.2 Å². The highest BCUT2D eigenvalue weighted by molar-refractivity contribution is 7.91. The van der Waals surface area contributed by atoms with Crippen molar-refractivity contribution in [1.82, 2.24) is 14.1 Å². The standard InChI is InChI=1S/C20H33N3O5S2/c1-20(2,3)28-18(25)15-22(13-12-21(4)5)17(24)14-16-8-9-19(29-16)30(26,27)23-10-6-7-11-23/h8-9H,6-7,10-15H2,1-5H3. The lowest BCUT2D eigenvalue weighted by Crippen LogP contribution is -2.42. The molecule has 0 spiro atoms. The lowest BCUT2D eigenvalue weighted by molar-refractivity contribution is -0.158. The van der Waals surface area contributed by atoms with Crippen LogP contribution in [0.25, 0.3) is 0 Å². The molecule has 170 valence electrons. The van der Waals surface area contributed by atoms with Gasteiger partial charge in [-0.15, -0.1) is 11.3 Å². The lowest BCUT2D eigenvalue weighted by Gasteiger charge is -2.26. The van der Waals surface area contributed by atoms with Crippen LogP contribution in [0.3, 0.4) is 0 Å². The Hall–Kier alpha value is -1.49. The molecule has 1 amide bonds. The fraction of sp³-hybridized carbons (Fsp3) is 0.700. The van der Waals surface area contributed by atoms with Crippen molar-refractivity contribution in [2.75, 3.05) is 46.8 Å². The summed E-state index contributed by atoms with van der Waals surface area (Å²) in [7, 11) is 0.299. The Kier molecular flexibility index (Phi) is 8.43. The van der Waals surface area contributed by atoms with Gasteiger partial charge in [0.25, 0.3) is 10.0 Å². The monoisotopic (exact) mass is 459 g/mol. The number of carbonyl (C=O) groups is 2. The van der Waals surface area contributed by atoms with Gasteiger partial charge in [-0.05, 0) is 59.8 Å². The number of rotatable bonds is 9. The summed E-state index contributed by atoms with van der Waals surface area (Å²) in [6, 6.07) is 3.25. The third-order valence-corrected chi connectivity index (χ3v) is 7.98. The molecular weight excluding hydrogens is 426 g/mol. The Labute approximate surface area is 183 Å². The van der Waals surface area contributed by atoms with E-state index in [-0.39, 0.29) is 23.1 Å². The first-order valence-corrected chi connectivity index (χ1v) is 12.4. The largest absolute Gasteiger partial charge is 0.459 e. The number of ether oxygens (including phenoxy) is 1. The molecule has 0 radical (unpaired) electrons. The molecule has 10 heteroatoms. The van der Waals surface area contributed by atoms with E-state index < -0.39 is 21.6 Å². The highest BCUT2D eigenvalue weighted by Gasteiger charge is 2.29. The Morgan fingerprint density at radius 3 is 2.33 bits per heavy atom. The maximum absolute atomic E-state index is 12.9. The molecule has 1 fully saturated rings. The number of sulfonamides is 1. The first-order chi connectivity index (χ1) is 13.9. The Morgan fingerprint density at radius 1 is 1.13 bits per heavy atom. The number of thiophene rings is 1. The highest BCUT2D eigenvalue weighted by atomic mass is 32.2. The fourth-order valence-corrected chi connectivity index (χ4v) is 6.07. The van der Waals surface area contributed by atoms with Crippen molar-refractivity contribution >= 4 is 33.2 Å². The Morgan fingerprint density at radius 2 is 1.77 bits per heavy atom. The third kappa shape index (κ3) is 7.33. The summed E-state index contributed by atoms with van der Waals surface area (Å²) in [6.45, 7) is 7.29. The minimum Gasteiger partial charge on any atom is -0.459 e. The molecule has 1 aliphatic rings. The van der Waals surface area contributed by atoms with Crippen LogP contribution in [-0.4, -0.2) is 86.8 Å². The number of likely N-dealkylation sites (N-methyl/N-ethyl adjacent to an activating group) is 1. The van der Waals surface area contributed by atoms with Crippen LogP contribution in [0, 0.1) is 0 Å². The predicted octanol–water partition coefficient (Wildman–Crippen LogP) is 1.81. The second-order valence-electron chi connectivity index (χ2n) is 8.71. The van der Waals surface area contributed by atoms with E-state index in [1.807, 2.05) is 19.0 Å². The molecule has 0 bridgehead atoms. The van der Waals surface area contributed by atoms with Gasteiger partial charge in [0.2, 0.25) is 5.91 Å². The lowest BCUT2D eigenvalue weighted by atomic mass is 10.2. The summed E-state index contributed by atoms with van der Waals surface area (Å²) in [6.07, 6.45) is 1.80. The van der Waals surface area contributed by atoms with Gasteiger partial charge in [0.15, 0.2) is 0 Å². The van der Waals surface area contributed by atoms with Gasteiger partial charge >= 0.3 is 5.97 Å². The van der Waals surface area contributed by atoms with E-state index >= 15 is 0 Å². The molecule has 1 aromatic rings. The zero-order valence-corrected chi connectivity index (χ0v) is 20.1. The summed E-state index contributed by atoms with van der Waals surface area (Å²) < 4.78 is 32.5. The van der Waals surface area contributed by atoms with Crippen LogP contribution in [0.2, 0.25) is 0 Å². The van der Waals surface area contributed by atoms with E-state index in [0.717, 1.165) is 24.2 Å². The molecule has 2 rings (SSSR count). The zero-order valence-electron chi connectivity index (χ0n) is 18.5. The molecule has 8 nitrogen and oxygen atoms in total. The number of carbonyl (C=O) groups excluding carboxylic acids is 2. The Balaban J connectivity index is 2.07. The van der Waals surface area contributed by atoms with E-state index in [9.17, 15) is 18.0 Å². The van der Waals surface area contributed by atoms with Crippen LogP contribution in [-0.2, 0) is 30.8 Å². The van der Waals surface area contributed by atoms with E-state index in [0.29, 0.717) is 31.1 Å². The summed E-state index contributed by atoms with van der Waals surface area (Å²) in [4.78, 5) is 29.2. The van der Waals surface area contributed by atoms with Gasteiger partial charge in [0.05, 0.1) is 6.42 Å². The zero-order chi connectivity index (χ0) is 22.5. The molecule has 2 heterocycles. The van der Waals surface area contributed by atoms with E-state index in [4.69, 9.17) is 4.74 Å². The van der Waals surface area contributed by atoms with Crippen molar-refractivity contribution in [3.63, 3.8) is 0 Å². The summed E-state index contributed by atoms with van der Waals surface area (Å²) in [5.41, 5.74) is -0.625. The van der Waals surface area contributed by atoms with Gasteiger partial charge < -0.3 is 14.5 Å². The average molecular weight is 460 g/mol. The predicted molar refractivity (Wildman–Crippen MR) is 117 cm³/mol. The molecule has 1 saturated heterocycles. The molecular formula is C20H33N3O5S2. The van der Waals surface area contributed by atoms with Crippen molar-refractivity contribution in [3.8, 4) is 0 Å². The molecule has 0 atom stereocenters. The SMILES string of the molecule is CN(C)CCN(CC(=O)OC(C)(C)C)C(=O)Cc1ccc(S(=O)(=O)N2CCCC2)s1. The average Bonchev–Trinajstić information content (AvgIpc) is 3.28. The van der Waals surface area contributed by atoms with Crippen LogP contribution < -0.4 is 0 Å². The van der Waals surface area contributed by atoms with Crippen molar-refractivity contribution in [1.29, 1.82) is 0 Å². The van der Waals surface area contributed by atoms with Gasteiger partial charge in [-0.1, -0.05) is 0 Å². The number of esters is 1. The van der Waals surface area contributed by atoms with Crippen molar-refractivity contribution in [3.05, 3.63) is 17.0 Å². The Bertz CT molecular complexity index is 837. The minimum atomic E-state index is -3.49. The molecule has 30 heavy (non-hydrogen) atoms. The number of hydrogen-bond acceptors (Lipinski definition) is 7.